The second kappa shape index (κ2) is 11.7. The molecular weight excluding hydrogens is 432 g/mol. The van der Waals surface area contributed by atoms with Crippen LogP contribution < -0.4 is 0 Å². The Balaban J connectivity index is 1.37. The normalized spacial score (nSPS) is 17.7. The molecule has 0 saturated carbocycles. The molecule has 0 aromatic heterocycles. The summed E-state index contributed by atoms with van der Waals surface area (Å²) in [6.45, 7) is 6.99. The third-order valence-corrected chi connectivity index (χ3v) is 7.24. The maximum absolute atomic E-state index is 13.5. The zero-order chi connectivity index (χ0) is 23.0. The number of hydrogen-bond acceptors (Lipinski definition) is 4. The fraction of sp³-hybridized carbons (Fsp3) is 0.481. The second-order valence-electron chi connectivity index (χ2n) is 9.19. The molecule has 0 unspecified atom stereocenters. The maximum atomic E-state index is 13.5. The third-order valence-electron chi connectivity index (χ3n) is 6.98. The Kier molecular flexibility index (Phi) is 8.39. The van der Waals surface area contributed by atoms with E-state index >= 15 is 0 Å². The molecule has 0 bridgehead atoms. The zero-order valence-corrected chi connectivity index (χ0v) is 20.0. The van der Waals surface area contributed by atoms with Crippen LogP contribution in [-0.2, 0) is 6.42 Å². The van der Waals surface area contributed by atoms with Gasteiger partial charge in [-0.15, -0.1) is 0 Å². The van der Waals surface area contributed by atoms with E-state index in [2.05, 4.69) is 32.9 Å². The van der Waals surface area contributed by atoms with Crippen LogP contribution in [0.1, 0.15) is 47.2 Å². The molecule has 5 nitrogen and oxygen atoms in total. The van der Waals surface area contributed by atoms with Gasteiger partial charge in [0.2, 0.25) is 0 Å². The lowest BCUT2D eigenvalue weighted by atomic mass is 10.0. The Morgan fingerprint density at radius 3 is 2.39 bits per heavy atom. The van der Waals surface area contributed by atoms with Gasteiger partial charge in [0.05, 0.1) is 11.6 Å². The Hall–Kier alpha value is -2.39. The number of carbonyl (C=O) groups is 1. The van der Waals surface area contributed by atoms with Gasteiger partial charge in [0, 0.05) is 49.4 Å². The van der Waals surface area contributed by atoms with E-state index in [9.17, 15) is 10.1 Å². The molecule has 0 N–H and O–H groups in total. The van der Waals surface area contributed by atoms with Gasteiger partial charge in [-0.3, -0.25) is 4.79 Å². The van der Waals surface area contributed by atoms with Crippen molar-refractivity contribution < 1.29 is 4.79 Å². The maximum Gasteiger partial charge on any atom is 0.254 e. The summed E-state index contributed by atoms with van der Waals surface area (Å²) < 4.78 is 0. The number of nitrogens with zero attached hydrogens (tertiary/aromatic N) is 4. The molecule has 0 aliphatic carbocycles. The van der Waals surface area contributed by atoms with Crippen molar-refractivity contribution in [1.29, 1.82) is 5.26 Å². The summed E-state index contributed by atoms with van der Waals surface area (Å²) in [7, 11) is 0. The predicted molar refractivity (Wildman–Crippen MR) is 132 cm³/mol. The smallest absolute Gasteiger partial charge is 0.254 e. The van der Waals surface area contributed by atoms with Gasteiger partial charge in [0.25, 0.3) is 5.91 Å². The SMILES string of the molecule is N#Cc1cccc(C(=O)N(CCN2CCCC2)C2CCN(CCc3ccc(Cl)cc3)CC2)c1. The number of carbonyl (C=O) groups excluding carboxylic acids is 1. The van der Waals surface area contributed by atoms with E-state index in [-0.39, 0.29) is 11.9 Å². The van der Waals surface area contributed by atoms with E-state index in [0.717, 1.165) is 70.1 Å². The summed E-state index contributed by atoms with van der Waals surface area (Å²) in [6, 6.07) is 17.6. The van der Waals surface area contributed by atoms with Crippen molar-refractivity contribution in [2.45, 2.75) is 38.1 Å². The third kappa shape index (κ3) is 6.57. The highest BCUT2D eigenvalue weighted by atomic mass is 35.5. The fourth-order valence-corrected chi connectivity index (χ4v) is 5.11. The monoisotopic (exact) mass is 464 g/mol. The second-order valence-corrected chi connectivity index (χ2v) is 9.63. The lowest BCUT2D eigenvalue weighted by Crippen LogP contribution is -2.49. The Labute approximate surface area is 202 Å². The molecule has 6 heteroatoms. The van der Waals surface area contributed by atoms with E-state index < -0.39 is 0 Å². The summed E-state index contributed by atoms with van der Waals surface area (Å²) in [5.74, 6) is 0.0610. The van der Waals surface area contributed by atoms with Crippen molar-refractivity contribution in [3.8, 4) is 6.07 Å². The van der Waals surface area contributed by atoms with E-state index in [1.807, 2.05) is 24.3 Å². The van der Waals surface area contributed by atoms with E-state index in [1.165, 1.54) is 18.4 Å². The van der Waals surface area contributed by atoms with E-state index in [0.29, 0.717) is 11.1 Å². The summed E-state index contributed by atoms with van der Waals surface area (Å²) in [4.78, 5) is 20.6. The molecule has 0 spiro atoms. The molecule has 2 aromatic rings. The minimum absolute atomic E-state index is 0.0610. The first-order valence-corrected chi connectivity index (χ1v) is 12.5. The van der Waals surface area contributed by atoms with Crippen LogP contribution in [0.5, 0.6) is 0 Å². The van der Waals surface area contributed by atoms with Gasteiger partial charge in [0.15, 0.2) is 0 Å². The van der Waals surface area contributed by atoms with Crippen LogP contribution in [0.2, 0.25) is 5.02 Å². The molecular formula is C27H33ClN4O. The van der Waals surface area contributed by atoms with Crippen molar-refractivity contribution in [1.82, 2.24) is 14.7 Å². The zero-order valence-electron chi connectivity index (χ0n) is 19.3. The summed E-state index contributed by atoms with van der Waals surface area (Å²) in [6.07, 6.45) is 5.50. The van der Waals surface area contributed by atoms with Crippen LogP contribution in [0.4, 0.5) is 0 Å². The van der Waals surface area contributed by atoms with Crippen molar-refractivity contribution in [3.63, 3.8) is 0 Å². The number of benzene rings is 2. The van der Waals surface area contributed by atoms with Gasteiger partial charge in [-0.25, -0.2) is 0 Å². The van der Waals surface area contributed by atoms with Gasteiger partial charge >= 0.3 is 0 Å². The van der Waals surface area contributed by atoms with Crippen LogP contribution >= 0.6 is 11.6 Å². The van der Waals surface area contributed by atoms with E-state index in [4.69, 9.17) is 11.6 Å². The first-order valence-electron chi connectivity index (χ1n) is 12.1. The number of nitriles is 1. The Morgan fingerprint density at radius 2 is 1.70 bits per heavy atom. The molecule has 2 heterocycles. The molecule has 33 heavy (non-hydrogen) atoms. The quantitative estimate of drug-likeness (QED) is 0.578. The average molecular weight is 465 g/mol. The van der Waals surface area contributed by atoms with Crippen molar-refractivity contribution in [3.05, 3.63) is 70.2 Å². The molecule has 2 aliphatic heterocycles. The number of piperidine rings is 1. The Bertz CT molecular complexity index is 957. The average Bonchev–Trinajstić information content (AvgIpc) is 3.38. The summed E-state index contributed by atoms with van der Waals surface area (Å²) in [5, 5.41) is 10.0. The molecule has 2 saturated heterocycles. The van der Waals surface area contributed by atoms with Crippen LogP contribution in [0.25, 0.3) is 0 Å². The van der Waals surface area contributed by atoms with Crippen LogP contribution in [-0.4, -0.2) is 72.5 Å². The highest BCUT2D eigenvalue weighted by Crippen LogP contribution is 2.21. The summed E-state index contributed by atoms with van der Waals surface area (Å²) in [5.41, 5.74) is 2.47. The van der Waals surface area contributed by atoms with Gasteiger partial charge < -0.3 is 14.7 Å². The first kappa shape index (κ1) is 23.8. The minimum atomic E-state index is 0.0610. The van der Waals surface area contributed by atoms with Gasteiger partial charge in [-0.05, 0) is 81.1 Å². The number of halogens is 1. The first-order chi connectivity index (χ1) is 16.1. The number of likely N-dealkylation sites (tertiary alicyclic amines) is 2. The highest BCUT2D eigenvalue weighted by molar-refractivity contribution is 6.30. The molecule has 2 aliphatic rings. The van der Waals surface area contributed by atoms with Gasteiger partial charge in [-0.1, -0.05) is 29.8 Å². The fourth-order valence-electron chi connectivity index (χ4n) is 4.99. The topological polar surface area (TPSA) is 50.6 Å². The molecule has 4 rings (SSSR count). The van der Waals surface area contributed by atoms with Gasteiger partial charge in [0.1, 0.15) is 0 Å². The number of rotatable bonds is 8. The molecule has 0 atom stereocenters. The highest BCUT2D eigenvalue weighted by Gasteiger charge is 2.29. The number of amides is 1. The van der Waals surface area contributed by atoms with E-state index in [1.54, 1.807) is 12.1 Å². The lowest BCUT2D eigenvalue weighted by molar-refractivity contribution is 0.0549. The standard InChI is InChI=1S/C27H33ClN4O/c28-25-8-6-22(7-9-25)10-15-31-16-11-26(12-17-31)32(19-18-30-13-1-2-14-30)27(33)24-5-3-4-23(20-24)21-29/h3-9,20,26H,1-2,10-19H2. The minimum Gasteiger partial charge on any atom is -0.334 e. The Morgan fingerprint density at radius 1 is 1.00 bits per heavy atom. The molecule has 2 aromatic carbocycles. The summed E-state index contributed by atoms with van der Waals surface area (Å²) >= 11 is 6.00. The molecule has 2 fully saturated rings. The molecule has 1 amide bonds. The van der Waals surface area contributed by atoms with Crippen LogP contribution in [0.15, 0.2) is 48.5 Å². The van der Waals surface area contributed by atoms with Crippen LogP contribution in [0.3, 0.4) is 0 Å². The van der Waals surface area contributed by atoms with Crippen molar-refractivity contribution in [2.75, 3.05) is 45.8 Å². The van der Waals surface area contributed by atoms with Crippen molar-refractivity contribution >= 4 is 17.5 Å². The molecule has 174 valence electrons. The predicted octanol–water partition coefficient (Wildman–Crippen LogP) is 4.46. The largest absolute Gasteiger partial charge is 0.334 e. The van der Waals surface area contributed by atoms with Crippen molar-refractivity contribution in [2.24, 2.45) is 0 Å². The number of hydrogen-bond donors (Lipinski definition) is 0. The van der Waals surface area contributed by atoms with Crippen LogP contribution in [0, 0.1) is 11.3 Å². The van der Waals surface area contributed by atoms with Gasteiger partial charge in [-0.2, -0.15) is 5.26 Å². The lowest BCUT2D eigenvalue weighted by Gasteiger charge is -2.39. The molecule has 0 radical (unpaired) electrons.